The maximum absolute atomic E-state index is 12.8. The third-order valence-electron chi connectivity index (χ3n) is 7.47. The molecule has 0 spiro atoms. The average molecular weight is 705 g/mol. The van der Waals surface area contributed by atoms with Gasteiger partial charge >= 0.3 is 18.0 Å². The van der Waals surface area contributed by atoms with Crippen LogP contribution in [0.15, 0.2) is 48.5 Å². The summed E-state index contributed by atoms with van der Waals surface area (Å²) in [5, 5.41) is 22.8. The predicted molar refractivity (Wildman–Crippen MR) is 179 cm³/mol. The highest BCUT2D eigenvalue weighted by molar-refractivity contribution is 5.86. The van der Waals surface area contributed by atoms with Crippen molar-refractivity contribution in [3.05, 3.63) is 59.7 Å². The summed E-state index contributed by atoms with van der Waals surface area (Å²) < 4.78 is 37.7. The molecule has 0 bridgehead atoms. The number of fused-ring (bicyclic) bond motifs is 3. The monoisotopic (exact) mass is 704 g/mol. The number of aliphatic carboxylic acids is 2. The fourth-order valence-corrected chi connectivity index (χ4v) is 5.05. The molecule has 1 aliphatic rings. The fourth-order valence-electron chi connectivity index (χ4n) is 5.05. The molecule has 0 aromatic heterocycles. The Morgan fingerprint density at radius 2 is 1.04 bits per heavy atom. The van der Waals surface area contributed by atoms with E-state index in [0.717, 1.165) is 22.3 Å². The molecule has 1 aliphatic carbocycles. The number of hydrogen-bond donors (Lipinski definition) is 4. The Bertz CT molecular complexity index is 1280. The van der Waals surface area contributed by atoms with Crippen molar-refractivity contribution in [1.29, 1.82) is 0 Å². The molecule has 276 valence electrons. The molecule has 0 radical (unpaired) electrons. The van der Waals surface area contributed by atoms with Crippen LogP contribution in [0.3, 0.4) is 0 Å². The summed E-state index contributed by atoms with van der Waals surface area (Å²) >= 11 is 0. The molecule has 0 aliphatic heterocycles. The number of carbonyl (C=O) groups is 4. The van der Waals surface area contributed by atoms with Crippen LogP contribution in [0.1, 0.15) is 36.3 Å². The van der Waals surface area contributed by atoms with E-state index in [1.165, 1.54) is 0 Å². The minimum atomic E-state index is -1.09. The van der Waals surface area contributed by atoms with Gasteiger partial charge in [-0.2, -0.15) is 0 Å². The number of carboxylic acids is 2. The fraction of sp³-hybridized carbons (Fsp3) is 0.543. The van der Waals surface area contributed by atoms with Crippen molar-refractivity contribution in [2.24, 2.45) is 0 Å². The molecule has 2 aromatic rings. The van der Waals surface area contributed by atoms with E-state index in [-0.39, 0.29) is 51.5 Å². The van der Waals surface area contributed by atoms with Gasteiger partial charge in [-0.1, -0.05) is 48.5 Å². The molecule has 15 heteroatoms. The zero-order valence-electron chi connectivity index (χ0n) is 28.2. The number of amides is 2. The number of carbonyl (C=O) groups excluding carboxylic acids is 2. The van der Waals surface area contributed by atoms with Gasteiger partial charge in [-0.05, 0) is 28.7 Å². The van der Waals surface area contributed by atoms with Crippen molar-refractivity contribution >= 4 is 23.9 Å². The maximum Gasteiger partial charge on any atom is 0.407 e. The lowest BCUT2D eigenvalue weighted by molar-refractivity contribution is -0.139. The zero-order chi connectivity index (χ0) is 35.8. The number of ether oxygens (including phenoxy) is 7. The number of carboxylic acid groups (broad SMARTS) is 2. The second-order valence-corrected chi connectivity index (χ2v) is 11.1. The smallest absolute Gasteiger partial charge is 0.407 e. The van der Waals surface area contributed by atoms with Gasteiger partial charge in [0.05, 0.1) is 85.7 Å². The molecule has 2 amide bonds. The molecule has 50 heavy (non-hydrogen) atoms. The van der Waals surface area contributed by atoms with Crippen LogP contribution in [-0.2, 0) is 47.5 Å². The van der Waals surface area contributed by atoms with E-state index in [4.69, 9.17) is 43.4 Å². The molecule has 2 aromatic carbocycles. The predicted octanol–water partition coefficient (Wildman–Crippen LogP) is 2.45. The molecule has 1 atom stereocenters. The molecule has 1 unspecified atom stereocenters. The minimum Gasteiger partial charge on any atom is -0.481 e. The summed E-state index contributed by atoms with van der Waals surface area (Å²) in [6, 6.07) is 14.8. The Hall–Kier alpha value is -4.12. The van der Waals surface area contributed by atoms with Crippen molar-refractivity contribution in [2.45, 2.75) is 31.2 Å². The van der Waals surface area contributed by atoms with Crippen LogP contribution in [0.2, 0.25) is 0 Å². The van der Waals surface area contributed by atoms with Crippen molar-refractivity contribution in [1.82, 2.24) is 10.6 Å². The normalized spacial score (nSPS) is 12.6. The maximum atomic E-state index is 12.8. The third kappa shape index (κ3) is 15.6. The van der Waals surface area contributed by atoms with E-state index in [0.29, 0.717) is 66.1 Å². The van der Waals surface area contributed by atoms with Crippen molar-refractivity contribution in [3.8, 4) is 11.1 Å². The van der Waals surface area contributed by atoms with E-state index in [9.17, 15) is 19.2 Å². The number of alkyl carbamates (subject to hydrolysis) is 1. The van der Waals surface area contributed by atoms with Gasteiger partial charge in [-0.25, -0.2) is 4.79 Å². The Morgan fingerprint density at radius 3 is 1.52 bits per heavy atom. The molecule has 15 nitrogen and oxygen atoms in total. The molecule has 3 rings (SSSR count). The van der Waals surface area contributed by atoms with E-state index in [1.807, 2.05) is 48.5 Å². The quantitative estimate of drug-likeness (QED) is 0.0944. The summed E-state index contributed by atoms with van der Waals surface area (Å²) in [6.07, 6.45) is -1.24. The summed E-state index contributed by atoms with van der Waals surface area (Å²) in [7, 11) is 0. The summed E-state index contributed by atoms with van der Waals surface area (Å²) in [4.78, 5) is 47.0. The SMILES string of the molecule is O=C(O)CCOCCOCCOCCOCCOCCOCCNC(=O)C(CCC(=O)O)NC(=O)OCC1c2ccccc2-c2ccccc21. The Morgan fingerprint density at radius 1 is 0.600 bits per heavy atom. The number of nitrogens with one attached hydrogen (secondary N) is 2. The Kier molecular flexibility index (Phi) is 19.4. The number of benzene rings is 2. The second kappa shape index (κ2) is 24.1. The summed E-state index contributed by atoms with van der Waals surface area (Å²) in [5.41, 5.74) is 4.29. The first-order chi connectivity index (χ1) is 24.4. The van der Waals surface area contributed by atoms with Crippen LogP contribution in [0.25, 0.3) is 11.1 Å². The van der Waals surface area contributed by atoms with Crippen molar-refractivity contribution < 1.29 is 62.5 Å². The number of rotatable bonds is 28. The van der Waals surface area contributed by atoms with Crippen LogP contribution < -0.4 is 10.6 Å². The van der Waals surface area contributed by atoms with Crippen LogP contribution in [0, 0.1) is 0 Å². The lowest BCUT2D eigenvalue weighted by Crippen LogP contribution is -2.48. The van der Waals surface area contributed by atoms with Crippen LogP contribution in [0.5, 0.6) is 0 Å². The van der Waals surface area contributed by atoms with Gasteiger partial charge in [0.15, 0.2) is 0 Å². The van der Waals surface area contributed by atoms with Gasteiger partial charge < -0.3 is 54.0 Å². The highest BCUT2D eigenvalue weighted by atomic mass is 16.6. The van der Waals surface area contributed by atoms with Gasteiger partial charge in [-0.3, -0.25) is 14.4 Å². The van der Waals surface area contributed by atoms with Crippen LogP contribution in [0.4, 0.5) is 4.79 Å². The van der Waals surface area contributed by atoms with Crippen molar-refractivity contribution in [2.75, 3.05) is 92.4 Å². The standard InChI is InChI=1S/C35H48N2O13/c38-32(39)10-9-31(37-35(43)50-25-30-28-7-3-1-5-26(28)27-6-2-4-8-29(27)30)34(42)36-12-14-45-16-18-47-20-22-49-24-23-48-21-19-46-17-15-44-13-11-33(40)41/h1-8,30-31H,9-25H2,(H,36,42)(H,37,43)(H,38,39)(H,40,41). The van der Waals surface area contributed by atoms with Gasteiger partial charge in [0, 0.05) is 18.9 Å². The zero-order valence-corrected chi connectivity index (χ0v) is 28.2. The van der Waals surface area contributed by atoms with Crippen LogP contribution >= 0.6 is 0 Å². The minimum absolute atomic E-state index is 0.0287. The molecule has 0 saturated carbocycles. The van der Waals surface area contributed by atoms with Crippen molar-refractivity contribution in [3.63, 3.8) is 0 Å². The third-order valence-corrected chi connectivity index (χ3v) is 7.47. The van der Waals surface area contributed by atoms with Crippen LogP contribution in [-0.4, -0.2) is 133 Å². The Labute approximate surface area is 291 Å². The lowest BCUT2D eigenvalue weighted by Gasteiger charge is -2.19. The molecular formula is C35H48N2O13. The number of hydrogen-bond acceptors (Lipinski definition) is 11. The molecule has 0 saturated heterocycles. The van der Waals surface area contributed by atoms with Gasteiger partial charge in [-0.15, -0.1) is 0 Å². The second-order valence-electron chi connectivity index (χ2n) is 11.1. The molecule has 4 N–H and O–H groups in total. The topological polar surface area (TPSA) is 197 Å². The van der Waals surface area contributed by atoms with Gasteiger partial charge in [0.25, 0.3) is 0 Å². The lowest BCUT2D eigenvalue weighted by atomic mass is 9.98. The first-order valence-corrected chi connectivity index (χ1v) is 16.7. The Balaban J connectivity index is 1.19. The van der Waals surface area contributed by atoms with Gasteiger partial charge in [0.2, 0.25) is 5.91 Å². The first-order valence-electron chi connectivity index (χ1n) is 16.7. The average Bonchev–Trinajstić information content (AvgIpc) is 3.43. The van der Waals surface area contributed by atoms with E-state index in [1.54, 1.807) is 0 Å². The summed E-state index contributed by atoms with van der Waals surface area (Å²) in [5.74, 6) is -2.67. The van der Waals surface area contributed by atoms with E-state index in [2.05, 4.69) is 10.6 Å². The molecule has 0 fully saturated rings. The van der Waals surface area contributed by atoms with E-state index < -0.39 is 30.0 Å². The summed E-state index contributed by atoms with van der Waals surface area (Å²) in [6.45, 7) is 4.29. The highest BCUT2D eigenvalue weighted by Crippen LogP contribution is 2.44. The molecule has 0 heterocycles. The molecular weight excluding hydrogens is 656 g/mol. The highest BCUT2D eigenvalue weighted by Gasteiger charge is 2.30. The van der Waals surface area contributed by atoms with E-state index >= 15 is 0 Å². The largest absolute Gasteiger partial charge is 0.481 e. The van der Waals surface area contributed by atoms with Gasteiger partial charge in [0.1, 0.15) is 12.6 Å². The first kappa shape index (κ1) is 40.3.